The number of hydrogen-bond donors (Lipinski definition) is 0. The van der Waals surface area contributed by atoms with E-state index >= 15 is 0 Å². The molecule has 0 saturated carbocycles. The van der Waals surface area contributed by atoms with Gasteiger partial charge >= 0.3 is 17.9 Å². The topological polar surface area (TPSA) is 78.9 Å². The van der Waals surface area contributed by atoms with Gasteiger partial charge in [0, 0.05) is 19.3 Å². The first-order chi connectivity index (χ1) is 37.0. The second-order valence-corrected chi connectivity index (χ2v) is 22.0. The van der Waals surface area contributed by atoms with Crippen molar-refractivity contribution < 1.29 is 28.6 Å². The van der Waals surface area contributed by atoms with E-state index < -0.39 is 6.10 Å². The highest BCUT2D eigenvalue weighted by molar-refractivity contribution is 5.71. The molecule has 0 radical (unpaired) electrons. The number of allylic oxidation sites excluding steroid dienone is 10. The zero-order chi connectivity index (χ0) is 54.3. The van der Waals surface area contributed by atoms with Gasteiger partial charge in [0.1, 0.15) is 13.2 Å². The molecule has 6 nitrogen and oxygen atoms in total. The second kappa shape index (κ2) is 63.6. The van der Waals surface area contributed by atoms with Crippen LogP contribution in [0.4, 0.5) is 0 Å². The molecule has 0 aliphatic carbocycles. The molecule has 1 atom stereocenters. The van der Waals surface area contributed by atoms with Gasteiger partial charge in [0.05, 0.1) is 0 Å². The van der Waals surface area contributed by atoms with Crippen LogP contribution in [-0.2, 0) is 28.6 Å². The van der Waals surface area contributed by atoms with E-state index in [1.807, 2.05) is 0 Å². The van der Waals surface area contributed by atoms with Crippen LogP contribution in [0.2, 0.25) is 0 Å². The minimum Gasteiger partial charge on any atom is -0.462 e. The number of ether oxygens (including phenoxy) is 3. The molecular weight excluding hydrogens is 925 g/mol. The maximum absolute atomic E-state index is 12.9. The first-order valence-corrected chi connectivity index (χ1v) is 32.8. The van der Waals surface area contributed by atoms with Crippen molar-refractivity contribution in [2.75, 3.05) is 13.2 Å². The van der Waals surface area contributed by atoms with Crippen molar-refractivity contribution in [2.24, 2.45) is 0 Å². The van der Waals surface area contributed by atoms with Gasteiger partial charge in [0.2, 0.25) is 0 Å². The van der Waals surface area contributed by atoms with Crippen molar-refractivity contribution in [3.05, 3.63) is 60.8 Å². The van der Waals surface area contributed by atoms with Gasteiger partial charge in [0.25, 0.3) is 0 Å². The van der Waals surface area contributed by atoms with Crippen molar-refractivity contribution in [2.45, 2.75) is 348 Å². The van der Waals surface area contributed by atoms with Crippen LogP contribution in [0.15, 0.2) is 60.8 Å². The fourth-order valence-electron chi connectivity index (χ4n) is 9.65. The fraction of sp³-hybridized carbons (Fsp3) is 0.812. The average Bonchev–Trinajstić information content (AvgIpc) is 3.41. The van der Waals surface area contributed by atoms with Gasteiger partial charge < -0.3 is 14.2 Å². The molecule has 0 bridgehead atoms. The van der Waals surface area contributed by atoms with Crippen LogP contribution in [-0.4, -0.2) is 37.2 Å². The molecule has 0 N–H and O–H groups in total. The van der Waals surface area contributed by atoms with Crippen LogP contribution in [0.5, 0.6) is 0 Å². The molecule has 75 heavy (non-hydrogen) atoms. The number of hydrogen-bond acceptors (Lipinski definition) is 6. The van der Waals surface area contributed by atoms with Gasteiger partial charge in [0.15, 0.2) is 6.10 Å². The summed E-state index contributed by atoms with van der Waals surface area (Å²) in [4.78, 5) is 38.3. The van der Waals surface area contributed by atoms with Gasteiger partial charge in [-0.15, -0.1) is 0 Å². The van der Waals surface area contributed by atoms with Crippen LogP contribution in [0.1, 0.15) is 342 Å². The Morgan fingerprint density at radius 3 is 0.813 bits per heavy atom. The smallest absolute Gasteiger partial charge is 0.306 e. The molecule has 0 fully saturated rings. The third-order valence-corrected chi connectivity index (χ3v) is 14.5. The van der Waals surface area contributed by atoms with E-state index in [9.17, 15) is 14.4 Å². The predicted molar refractivity (Wildman–Crippen MR) is 325 cm³/mol. The first-order valence-electron chi connectivity index (χ1n) is 32.8. The van der Waals surface area contributed by atoms with Crippen molar-refractivity contribution in [1.82, 2.24) is 0 Å². The Morgan fingerprint density at radius 2 is 0.520 bits per heavy atom. The quantitative estimate of drug-likeness (QED) is 0.0261. The van der Waals surface area contributed by atoms with Gasteiger partial charge in [-0.3, -0.25) is 14.4 Å². The Morgan fingerprint density at radius 1 is 0.280 bits per heavy atom. The summed E-state index contributed by atoms with van der Waals surface area (Å²) in [7, 11) is 0. The van der Waals surface area contributed by atoms with Crippen LogP contribution >= 0.6 is 0 Å². The number of rotatable bonds is 60. The standard InChI is InChI=1S/C69H124O6/c1-4-7-10-13-16-19-22-25-28-30-31-32-33-34-35-36-37-38-39-40-42-44-47-50-53-56-59-62-68(71)74-65-66(64-73-67(70)61-58-55-52-49-46-43-27-24-21-18-15-12-9-6-3)75-69(72)63-60-57-54-51-48-45-41-29-26-23-20-17-14-11-8-5-2/h7,10,16,19,25,28,31-32,34-35,66H,4-6,8-9,11-15,17-18,20-24,26-27,29-30,33,36-65H2,1-3H3/b10-7-,19-16-,28-25-,32-31-,35-34-. The maximum atomic E-state index is 12.9. The third kappa shape index (κ3) is 61.8. The normalized spacial score (nSPS) is 12.4. The van der Waals surface area contributed by atoms with Crippen molar-refractivity contribution in [3.63, 3.8) is 0 Å². The lowest BCUT2D eigenvalue weighted by Gasteiger charge is -2.18. The molecule has 0 aromatic rings. The molecule has 0 aromatic carbocycles. The SMILES string of the molecule is CC/C=C\C/C=C\C/C=C\C/C=C\C/C=C\CCCCCCCCCCCCCC(=O)OCC(COC(=O)CCCCCCCCCCCCCCCC)OC(=O)CCCCCCCCCCCCCCCCCC. The maximum Gasteiger partial charge on any atom is 0.306 e. The molecule has 0 heterocycles. The molecule has 6 heteroatoms. The van der Waals surface area contributed by atoms with Crippen LogP contribution in [0, 0.1) is 0 Å². The Hall–Kier alpha value is -2.89. The van der Waals surface area contributed by atoms with Gasteiger partial charge in [-0.1, -0.05) is 319 Å². The van der Waals surface area contributed by atoms with Crippen LogP contribution in [0.25, 0.3) is 0 Å². The summed E-state index contributed by atoms with van der Waals surface area (Å²) in [6.07, 6.45) is 80.8. The van der Waals surface area contributed by atoms with E-state index in [0.29, 0.717) is 19.3 Å². The van der Waals surface area contributed by atoms with Gasteiger partial charge in [-0.2, -0.15) is 0 Å². The molecule has 0 aliphatic rings. The summed E-state index contributed by atoms with van der Waals surface area (Å²) in [5.74, 6) is -0.849. The molecule has 0 aromatic heterocycles. The summed E-state index contributed by atoms with van der Waals surface area (Å²) >= 11 is 0. The zero-order valence-electron chi connectivity index (χ0n) is 50.1. The molecule has 0 amide bonds. The van der Waals surface area contributed by atoms with E-state index in [0.717, 1.165) is 89.9 Å². The number of carbonyl (C=O) groups excluding carboxylic acids is 3. The van der Waals surface area contributed by atoms with Crippen LogP contribution in [0.3, 0.4) is 0 Å². The predicted octanol–water partition coefficient (Wildman–Crippen LogP) is 22.3. The molecular formula is C69H124O6. The average molecular weight is 1050 g/mol. The lowest BCUT2D eigenvalue weighted by molar-refractivity contribution is -0.167. The molecule has 1 unspecified atom stereocenters. The monoisotopic (exact) mass is 1050 g/mol. The van der Waals surface area contributed by atoms with Crippen molar-refractivity contribution in [3.8, 4) is 0 Å². The van der Waals surface area contributed by atoms with Gasteiger partial charge in [-0.05, 0) is 64.2 Å². The highest BCUT2D eigenvalue weighted by Gasteiger charge is 2.19. The highest BCUT2D eigenvalue weighted by atomic mass is 16.6. The summed E-state index contributed by atoms with van der Waals surface area (Å²) in [6, 6.07) is 0. The Labute approximate surface area is 466 Å². The van der Waals surface area contributed by atoms with Crippen molar-refractivity contribution >= 4 is 17.9 Å². The number of carbonyl (C=O) groups is 3. The number of unbranched alkanes of at least 4 members (excludes halogenated alkanes) is 39. The Kier molecular flexibility index (Phi) is 61.2. The third-order valence-electron chi connectivity index (χ3n) is 14.5. The lowest BCUT2D eigenvalue weighted by Crippen LogP contribution is -2.30. The largest absolute Gasteiger partial charge is 0.462 e. The Bertz CT molecular complexity index is 1340. The van der Waals surface area contributed by atoms with E-state index in [1.165, 1.54) is 212 Å². The molecule has 0 aliphatic heterocycles. The van der Waals surface area contributed by atoms with E-state index in [2.05, 4.69) is 81.5 Å². The zero-order valence-corrected chi connectivity index (χ0v) is 50.1. The van der Waals surface area contributed by atoms with E-state index in [4.69, 9.17) is 14.2 Å². The summed E-state index contributed by atoms with van der Waals surface area (Å²) in [6.45, 7) is 6.58. The molecule has 0 saturated heterocycles. The fourth-order valence-corrected chi connectivity index (χ4v) is 9.65. The van der Waals surface area contributed by atoms with Crippen LogP contribution < -0.4 is 0 Å². The molecule has 436 valence electrons. The minimum atomic E-state index is -0.772. The number of esters is 3. The highest BCUT2D eigenvalue weighted by Crippen LogP contribution is 2.18. The second-order valence-electron chi connectivity index (χ2n) is 22.0. The van der Waals surface area contributed by atoms with Crippen molar-refractivity contribution in [1.29, 1.82) is 0 Å². The summed E-state index contributed by atoms with van der Waals surface area (Å²) in [5.41, 5.74) is 0. The van der Waals surface area contributed by atoms with Gasteiger partial charge in [-0.25, -0.2) is 0 Å². The van der Waals surface area contributed by atoms with E-state index in [1.54, 1.807) is 0 Å². The van der Waals surface area contributed by atoms with E-state index in [-0.39, 0.29) is 31.1 Å². The summed E-state index contributed by atoms with van der Waals surface area (Å²) < 4.78 is 17.0. The minimum absolute atomic E-state index is 0.0689. The summed E-state index contributed by atoms with van der Waals surface area (Å²) in [5, 5.41) is 0. The molecule has 0 rings (SSSR count). The lowest BCUT2D eigenvalue weighted by atomic mass is 10.0. The first kappa shape index (κ1) is 72.1. The Balaban J connectivity index is 4.26. The molecule has 0 spiro atoms.